The van der Waals surface area contributed by atoms with E-state index < -0.39 is 15.9 Å². The van der Waals surface area contributed by atoms with Gasteiger partial charge in [-0.3, -0.25) is 9.52 Å². The summed E-state index contributed by atoms with van der Waals surface area (Å²) in [6.07, 6.45) is 1.63. The van der Waals surface area contributed by atoms with E-state index >= 15 is 0 Å². The predicted molar refractivity (Wildman–Crippen MR) is 125 cm³/mol. The number of nitrogens with one attached hydrogen (secondary N) is 2. The van der Waals surface area contributed by atoms with Gasteiger partial charge in [0, 0.05) is 29.1 Å². The Labute approximate surface area is 191 Å². The molecule has 1 aliphatic heterocycles. The fourth-order valence-corrected chi connectivity index (χ4v) is 4.22. The molecule has 2 N–H and O–H groups in total. The Balaban J connectivity index is 1.48. The van der Waals surface area contributed by atoms with Gasteiger partial charge >= 0.3 is 0 Å². The molecule has 1 aliphatic rings. The molecule has 0 saturated heterocycles. The van der Waals surface area contributed by atoms with E-state index in [0.29, 0.717) is 42.8 Å². The summed E-state index contributed by atoms with van der Waals surface area (Å²) in [6, 6.07) is 17.6. The van der Waals surface area contributed by atoms with Crippen LogP contribution in [-0.2, 0) is 10.0 Å². The number of ether oxygens (including phenoxy) is 3. The van der Waals surface area contributed by atoms with Crippen molar-refractivity contribution < 1.29 is 27.4 Å². The largest absolute Gasteiger partial charge is 0.489 e. The molecule has 3 aromatic rings. The number of hydrogen-bond acceptors (Lipinski definition) is 6. The van der Waals surface area contributed by atoms with Gasteiger partial charge in [-0.25, -0.2) is 8.42 Å². The van der Waals surface area contributed by atoms with E-state index in [-0.39, 0.29) is 16.1 Å². The summed E-state index contributed by atoms with van der Waals surface area (Å²) in [5.74, 6) is 1.07. The first-order valence-electron chi connectivity index (χ1n) is 10.1. The van der Waals surface area contributed by atoms with E-state index in [1.807, 2.05) is 0 Å². The van der Waals surface area contributed by atoms with Crippen molar-refractivity contribution in [2.75, 3.05) is 29.9 Å². The van der Waals surface area contributed by atoms with E-state index in [1.54, 1.807) is 54.6 Å². The number of hydrogen-bond donors (Lipinski definition) is 2. The molecule has 0 fully saturated rings. The van der Waals surface area contributed by atoms with Crippen LogP contribution in [0.3, 0.4) is 0 Å². The zero-order valence-corrected chi connectivity index (χ0v) is 18.4. The molecule has 3 aromatic carbocycles. The molecule has 0 spiro atoms. The van der Waals surface area contributed by atoms with Crippen molar-refractivity contribution in [2.24, 2.45) is 0 Å². The van der Waals surface area contributed by atoms with Gasteiger partial charge in [-0.2, -0.15) is 0 Å². The minimum atomic E-state index is -3.90. The SMILES string of the molecule is C=CCOc1cccc(NC(=O)c2cccc(NS(=O)(=O)c3ccc4c(c3)OCCO4)c2)c1. The molecule has 0 atom stereocenters. The predicted octanol–water partition coefficient (Wildman–Crippen LogP) is 4.08. The van der Waals surface area contributed by atoms with Crippen LogP contribution in [0.1, 0.15) is 10.4 Å². The second-order valence-corrected chi connectivity index (χ2v) is 8.76. The van der Waals surface area contributed by atoms with Gasteiger partial charge in [-0.15, -0.1) is 0 Å². The molecule has 1 amide bonds. The summed E-state index contributed by atoms with van der Waals surface area (Å²) >= 11 is 0. The highest BCUT2D eigenvalue weighted by Gasteiger charge is 2.20. The third-order valence-corrected chi connectivity index (χ3v) is 6.04. The van der Waals surface area contributed by atoms with Gasteiger partial charge in [-0.1, -0.05) is 24.8 Å². The van der Waals surface area contributed by atoms with Gasteiger partial charge in [0.05, 0.1) is 4.90 Å². The van der Waals surface area contributed by atoms with Crippen LogP contribution < -0.4 is 24.2 Å². The van der Waals surface area contributed by atoms with Crippen LogP contribution in [0.5, 0.6) is 17.2 Å². The van der Waals surface area contributed by atoms with Gasteiger partial charge in [0.25, 0.3) is 15.9 Å². The van der Waals surface area contributed by atoms with Crippen LogP contribution in [0.4, 0.5) is 11.4 Å². The Kier molecular flexibility index (Phi) is 6.50. The van der Waals surface area contributed by atoms with Gasteiger partial charge in [0.15, 0.2) is 11.5 Å². The topological polar surface area (TPSA) is 103 Å². The third-order valence-electron chi connectivity index (χ3n) is 4.66. The number of benzene rings is 3. The number of rotatable bonds is 8. The molecule has 8 nitrogen and oxygen atoms in total. The Morgan fingerprint density at radius 2 is 1.73 bits per heavy atom. The van der Waals surface area contributed by atoms with Crippen molar-refractivity contribution in [3.8, 4) is 17.2 Å². The van der Waals surface area contributed by atoms with Crippen molar-refractivity contribution >= 4 is 27.3 Å². The highest BCUT2D eigenvalue weighted by molar-refractivity contribution is 7.92. The van der Waals surface area contributed by atoms with Gasteiger partial charge in [-0.05, 0) is 42.5 Å². The molecule has 0 aliphatic carbocycles. The minimum Gasteiger partial charge on any atom is -0.489 e. The van der Waals surface area contributed by atoms with Gasteiger partial charge in [0.2, 0.25) is 0 Å². The first kappa shape index (κ1) is 22.2. The van der Waals surface area contributed by atoms with E-state index in [2.05, 4.69) is 16.6 Å². The highest BCUT2D eigenvalue weighted by Crippen LogP contribution is 2.32. The van der Waals surface area contributed by atoms with Crippen LogP contribution >= 0.6 is 0 Å². The van der Waals surface area contributed by atoms with Crippen LogP contribution in [-0.4, -0.2) is 34.1 Å². The lowest BCUT2D eigenvalue weighted by Crippen LogP contribution is -2.17. The number of carbonyl (C=O) groups excluding carboxylic acids is 1. The Morgan fingerprint density at radius 1 is 0.970 bits per heavy atom. The standard InChI is InChI=1S/C24H22N2O6S/c1-2-11-30-20-8-4-6-18(15-20)25-24(27)17-5-3-7-19(14-17)26-33(28,29)21-9-10-22-23(16-21)32-13-12-31-22/h2-10,14-16,26H,1,11-13H2,(H,25,27). The van der Waals surface area contributed by atoms with E-state index in [0.717, 1.165) is 0 Å². The molecule has 4 rings (SSSR count). The molecule has 0 saturated carbocycles. The van der Waals surface area contributed by atoms with Crippen LogP contribution in [0.15, 0.2) is 84.3 Å². The van der Waals surface area contributed by atoms with Crippen molar-refractivity contribution in [3.05, 3.63) is 84.9 Å². The average Bonchev–Trinajstić information content (AvgIpc) is 2.82. The fraction of sp³-hybridized carbons (Fsp3) is 0.125. The molecular formula is C24H22N2O6S. The smallest absolute Gasteiger partial charge is 0.262 e. The molecule has 1 heterocycles. The summed E-state index contributed by atoms with van der Waals surface area (Å²) in [6.45, 7) is 4.72. The molecule has 0 bridgehead atoms. The number of amides is 1. The Morgan fingerprint density at radius 3 is 2.55 bits per heavy atom. The minimum absolute atomic E-state index is 0.0259. The lowest BCUT2D eigenvalue weighted by Gasteiger charge is -2.19. The van der Waals surface area contributed by atoms with Crippen molar-refractivity contribution in [2.45, 2.75) is 4.90 Å². The van der Waals surface area contributed by atoms with E-state index in [1.165, 1.54) is 18.2 Å². The molecule has 9 heteroatoms. The molecule has 170 valence electrons. The Hall–Kier alpha value is -3.98. The van der Waals surface area contributed by atoms with Crippen LogP contribution in [0.2, 0.25) is 0 Å². The molecular weight excluding hydrogens is 444 g/mol. The van der Waals surface area contributed by atoms with Gasteiger partial charge < -0.3 is 19.5 Å². The number of sulfonamides is 1. The molecule has 0 radical (unpaired) electrons. The molecule has 33 heavy (non-hydrogen) atoms. The number of anilines is 2. The first-order valence-corrected chi connectivity index (χ1v) is 11.6. The summed E-state index contributed by atoms with van der Waals surface area (Å²) in [5, 5.41) is 2.78. The molecule has 0 unspecified atom stereocenters. The zero-order valence-electron chi connectivity index (χ0n) is 17.6. The normalized spacial score (nSPS) is 12.5. The van der Waals surface area contributed by atoms with Gasteiger partial charge in [0.1, 0.15) is 25.6 Å². The van der Waals surface area contributed by atoms with Crippen molar-refractivity contribution in [1.29, 1.82) is 0 Å². The maximum absolute atomic E-state index is 12.9. The second kappa shape index (κ2) is 9.66. The second-order valence-electron chi connectivity index (χ2n) is 7.07. The van der Waals surface area contributed by atoms with E-state index in [4.69, 9.17) is 14.2 Å². The maximum atomic E-state index is 12.9. The average molecular weight is 467 g/mol. The summed E-state index contributed by atoms with van der Waals surface area (Å²) < 4.78 is 44.6. The lowest BCUT2D eigenvalue weighted by molar-refractivity contribution is 0.102. The summed E-state index contributed by atoms with van der Waals surface area (Å²) in [7, 11) is -3.90. The van der Waals surface area contributed by atoms with Crippen LogP contribution in [0.25, 0.3) is 0 Å². The molecule has 0 aromatic heterocycles. The summed E-state index contributed by atoms with van der Waals surface area (Å²) in [5.41, 5.74) is 1.08. The number of carbonyl (C=O) groups is 1. The monoisotopic (exact) mass is 466 g/mol. The quantitative estimate of drug-likeness (QED) is 0.485. The van der Waals surface area contributed by atoms with Crippen molar-refractivity contribution in [3.63, 3.8) is 0 Å². The van der Waals surface area contributed by atoms with E-state index in [9.17, 15) is 13.2 Å². The van der Waals surface area contributed by atoms with Crippen LogP contribution in [0, 0.1) is 0 Å². The lowest BCUT2D eigenvalue weighted by atomic mass is 10.2. The fourth-order valence-electron chi connectivity index (χ4n) is 3.15. The highest BCUT2D eigenvalue weighted by atomic mass is 32.2. The Bertz CT molecular complexity index is 1290. The number of fused-ring (bicyclic) bond motifs is 1. The zero-order chi connectivity index (χ0) is 23.3. The van der Waals surface area contributed by atoms with Crippen molar-refractivity contribution in [1.82, 2.24) is 0 Å². The maximum Gasteiger partial charge on any atom is 0.262 e. The first-order chi connectivity index (χ1) is 15.9. The third kappa shape index (κ3) is 5.45. The summed E-state index contributed by atoms with van der Waals surface area (Å²) in [4.78, 5) is 12.7.